The van der Waals surface area contributed by atoms with Crippen molar-refractivity contribution in [2.75, 3.05) is 13.2 Å². The molecule has 1 aromatic carbocycles. The van der Waals surface area contributed by atoms with Crippen LogP contribution in [-0.4, -0.2) is 23.2 Å². The molecule has 0 bridgehead atoms. The van der Waals surface area contributed by atoms with Gasteiger partial charge in [-0.25, -0.2) is 9.97 Å². The Labute approximate surface area is 186 Å². The summed E-state index contributed by atoms with van der Waals surface area (Å²) in [6.07, 6.45) is 9.31. The van der Waals surface area contributed by atoms with E-state index in [9.17, 15) is 0 Å². The number of fused-ring (bicyclic) bond motifs is 1. The SMILES string of the molecule is CCCCCCOc1c(OCCCCCC)c(Br)c2nc(C)c(C)nc2c1Br. The number of hydrogen-bond donors (Lipinski definition) is 0. The Balaban J connectivity index is 2.32. The highest BCUT2D eigenvalue weighted by molar-refractivity contribution is 9.11. The van der Waals surface area contributed by atoms with Crippen LogP contribution >= 0.6 is 31.9 Å². The van der Waals surface area contributed by atoms with Gasteiger partial charge in [-0.2, -0.15) is 0 Å². The number of ether oxygens (including phenoxy) is 2. The van der Waals surface area contributed by atoms with E-state index in [2.05, 4.69) is 45.7 Å². The normalized spacial score (nSPS) is 11.2. The molecule has 0 aliphatic heterocycles. The molecule has 0 radical (unpaired) electrons. The predicted molar refractivity (Wildman–Crippen MR) is 124 cm³/mol. The van der Waals surface area contributed by atoms with Crippen molar-refractivity contribution in [3.63, 3.8) is 0 Å². The summed E-state index contributed by atoms with van der Waals surface area (Å²) < 4.78 is 14.0. The van der Waals surface area contributed by atoms with Gasteiger partial charge >= 0.3 is 0 Å². The molecule has 0 aliphatic carbocycles. The minimum Gasteiger partial charge on any atom is -0.488 e. The van der Waals surface area contributed by atoms with E-state index < -0.39 is 0 Å². The quantitative estimate of drug-likeness (QED) is 0.272. The lowest BCUT2D eigenvalue weighted by molar-refractivity contribution is 0.257. The van der Waals surface area contributed by atoms with Crippen molar-refractivity contribution in [1.82, 2.24) is 9.97 Å². The molecule has 1 heterocycles. The van der Waals surface area contributed by atoms with E-state index in [0.717, 1.165) is 55.7 Å². The fourth-order valence-corrected chi connectivity index (χ4v) is 4.13. The molecule has 0 spiro atoms. The molecule has 0 N–H and O–H groups in total. The van der Waals surface area contributed by atoms with E-state index in [1.807, 2.05) is 13.8 Å². The van der Waals surface area contributed by atoms with Crippen LogP contribution in [0.5, 0.6) is 11.5 Å². The van der Waals surface area contributed by atoms with Gasteiger partial charge in [-0.05, 0) is 58.5 Å². The van der Waals surface area contributed by atoms with Crippen LogP contribution in [0.1, 0.15) is 76.6 Å². The van der Waals surface area contributed by atoms with Crippen molar-refractivity contribution in [3.8, 4) is 11.5 Å². The van der Waals surface area contributed by atoms with Gasteiger partial charge in [0.05, 0.1) is 33.5 Å². The maximum atomic E-state index is 6.18. The topological polar surface area (TPSA) is 44.2 Å². The fourth-order valence-electron chi connectivity index (χ4n) is 2.99. The van der Waals surface area contributed by atoms with Crippen LogP contribution < -0.4 is 9.47 Å². The first-order chi connectivity index (χ1) is 13.5. The van der Waals surface area contributed by atoms with E-state index in [1.54, 1.807) is 0 Å². The van der Waals surface area contributed by atoms with Crippen molar-refractivity contribution in [2.45, 2.75) is 79.1 Å². The maximum Gasteiger partial charge on any atom is 0.178 e. The van der Waals surface area contributed by atoms with Crippen LogP contribution in [0.2, 0.25) is 0 Å². The van der Waals surface area contributed by atoms with Crippen molar-refractivity contribution < 1.29 is 9.47 Å². The van der Waals surface area contributed by atoms with Gasteiger partial charge < -0.3 is 9.47 Å². The highest BCUT2D eigenvalue weighted by atomic mass is 79.9. The second-order valence-corrected chi connectivity index (χ2v) is 8.78. The molecule has 0 saturated carbocycles. The third kappa shape index (κ3) is 6.06. The van der Waals surface area contributed by atoms with Crippen LogP contribution in [0.25, 0.3) is 11.0 Å². The van der Waals surface area contributed by atoms with E-state index in [-0.39, 0.29) is 0 Å². The molecule has 0 aliphatic rings. The predicted octanol–water partition coefficient (Wildman–Crippen LogP) is 7.69. The average molecular weight is 516 g/mol. The number of benzene rings is 1. The zero-order chi connectivity index (χ0) is 20.5. The van der Waals surface area contributed by atoms with Gasteiger partial charge in [0, 0.05) is 0 Å². The van der Waals surface area contributed by atoms with Crippen molar-refractivity contribution >= 4 is 42.9 Å². The van der Waals surface area contributed by atoms with Crippen molar-refractivity contribution in [3.05, 3.63) is 20.3 Å². The summed E-state index contributed by atoms with van der Waals surface area (Å²) in [6.45, 7) is 9.72. The Morgan fingerprint density at radius 1 is 0.643 bits per heavy atom. The lowest BCUT2D eigenvalue weighted by Gasteiger charge is -2.18. The van der Waals surface area contributed by atoms with E-state index in [0.29, 0.717) is 13.2 Å². The van der Waals surface area contributed by atoms with E-state index in [1.165, 1.54) is 38.5 Å². The number of rotatable bonds is 12. The minimum atomic E-state index is 0.668. The van der Waals surface area contributed by atoms with Gasteiger partial charge in [0.15, 0.2) is 11.5 Å². The van der Waals surface area contributed by atoms with E-state index in [4.69, 9.17) is 19.4 Å². The molecular formula is C22H32Br2N2O2. The molecule has 0 amide bonds. The number of unbranched alkanes of at least 4 members (excludes halogenated alkanes) is 6. The summed E-state index contributed by atoms with van der Waals surface area (Å²) in [6, 6.07) is 0. The molecule has 0 fully saturated rings. The van der Waals surface area contributed by atoms with Gasteiger partial charge in [-0.3, -0.25) is 0 Å². The average Bonchev–Trinajstić information content (AvgIpc) is 2.68. The summed E-state index contributed by atoms with van der Waals surface area (Å²) >= 11 is 7.43. The second kappa shape index (κ2) is 12.0. The summed E-state index contributed by atoms with van der Waals surface area (Å²) in [5, 5.41) is 0. The van der Waals surface area contributed by atoms with E-state index >= 15 is 0 Å². The number of aryl methyl sites for hydroxylation is 2. The Kier molecular flexibility index (Phi) is 10.00. The molecule has 2 rings (SSSR count). The maximum absolute atomic E-state index is 6.18. The summed E-state index contributed by atoms with van der Waals surface area (Å²) in [5.41, 5.74) is 3.44. The lowest BCUT2D eigenvalue weighted by atomic mass is 10.2. The molecule has 0 atom stereocenters. The van der Waals surface area contributed by atoms with Crippen LogP contribution in [-0.2, 0) is 0 Å². The zero-order valence-corrected chi connectivity index (χ0v) is 20.7. The summed E-state index contributed by atoms with van der Waals surface area (Å²) in [5.74, 6) is 1.45. The third-order valence-electron chi connectivity index (χ3n) is 4.82. The molecule has 0 saturated heterocycles. The monoisotopic (exact) mass is 514 g/mol. The Morgan fingerprint density at radius 3 is 1.39 bits per heavy atom. The molecule has 1 aromatic heterocycles. The number of aromatic nitrogens is 2. The minimum absolute atomic E-state index is 0.668. The highest BCUT2D eigenvalue weighted by Crippen LogP contribution is 2.46. The lowest BCUT2D eigenvalue weighted by Crippen LogP contribution is -2.06. The van der Waals surface area contributed by atoms with Gasteiger partial charge in [0.25, 0.3) is 0 Å². The number of nitrogens with zero attached hydrogens (tertiary/aromatic N) is 2. The van der Waals surface area contributed by atoms with Gasteiger partial charge in [0.2, 0.25) is 0 Å². The number of hydrogen-bond acceptors (Lipinski definition) is 4. The van der Waals surface area contributed by atoms with Crippen LogP contribution in [0, 0.1) is 13.8 Å². The Bertz CT molecular complexity index is 717. The molecule has 156 valence electrons. The molecule has 6 heteroatoms. The molecular weight excluding hydrogens is 484 g/mol. The fraction of sp³-hybridized carbons (Fsp3) is 0.636. The first kappa shape index (κ1) is 23.4. The number of halogens is 2. The van der Waals surface area contributed by atoms with Crippen molar-refractivity contribution in [2.24, 2.45) is 0 Å². The smallest absolute Gasteiger partial charge is 0.178 e. The standard InChI is InChI=1S/C22H32Br2N2O2/c1-5-7-9-11-13-27-21-17(23)19-20(26-16(4)15(3)25-19)18(24)22(21)28-14-12-10-8-6-2/h5-14H2,1-4H3. The van der Waals surface area contributed by atoms with Gasteiger partial charge in [-0.1, -0.05) is 52.4 Å². The first-order valence-electron chi connectivity index (χ1n) is 10.4. The third-order valence-corrected chi connectivity index (χ3v) is 6.29. The summed E-state index contributed by atoms with van der Waals surface area (Å²) in [7, 11) is 0. The first-order valence-corrected chi connectivity index (χ1v) is 12.0. The van der Waals surface area contributed by atoms with Crippen LogP contribution in [0.15, 0.2) is 8.95 Å². The van der Waals surface area contributed by atoms with Crippen LogP contribution in [0.3, 0.4) is 0 Å². The molecule has 28 heavy (non-hydrogen) atoms. The zero-order valence-electron chi connectivity index (χ0n) is 17.5. The molecule has 2 aromatic rings. The Hall–Kier alpha value is -0.880. The largest absolute Gasteiger partial charge is 0.488 e. The van der Waals surface area contributed by atoms with Crippen LogP contribution in [0.4, 0.5) is 0 Å². The second-order valence-electron chi connectivity index (χ2n) is 7.20. The van der Waals surface area contributed by atoms with Gasteiger partial charge in [0.1, 0.15) is 11.0 Å². The highest BCUT2D eigenvalue weighted by Gasteiger charge is 2.22. The van der Waals surface area contributed by atoms with Crippen molar-refractivity contribution in [1.29, 1.82) is 0 Å². The Morgan fingerprint density at radius 2 is 1.04 bits per heavy atom. The molecule has 0 unspecified atom stereocenters. The molecule has 4 nitrogen and oxygen atoms in total. The van der Waals surface area contributed by atoms with Gasteiger partial charge in [-0.15, -0.1) is 0 Å². The summed E-state index contributed by atoms with van der Waals surface area (Å²) in [4.78, 5) is 9.48.